The molecule has 3 aliphatic rings. The summed E-state index contributed by atoms with van der Waals surface area (Å²) in [5, 5.41) is 0. The highest BCUT2D eigenvalue weighted by atomic mass is 79.9. The lowest BCUT2D eigenvalue weighted by atomic mass is 9.84. The van der Waals surface area contributed by atoms with Crippen LogP contribution in [0.5, 0.6) is 11.5 Å². The molecule has 5 nitrogen and oxygen atoms in total. The smallest absolute Gasteiger partial charge is 0.323 e. The number of esters is 1. The van der Waals surface area contributed by atoms with E-state index in [1.807, 2.05) is 12.1 Å². The fraction of sp³-hybridized carbons (Fsp3) is 0.632. The third-order valence-corrected chi connectivity index (χ3v) is 6.50. The molecule has 1 aromatic carbocycles. The van der Waals surface area contributed by atoms with Crippen LogP contribution in [-0.2, 0) is 16.1 Å². The van der Waals surface area contributed by atoms with Crippen LogP contribution in [0.1, 0.15) is 37.7 Å². The van der Waals surface area contributed by atoms with Gasteiger partial charge in [-0.2, -0.15) is 0 Å². The number of hydrogen-bond donors (Lipinski definition) is 0. The molecule has 3 atom stereocenters. The zero-order valence-corrected chi connectivity index (χ0v) is 16.1. The van der Waals surface area contributed by atoms with Crippen molar-refractivity contribution in [2.75, 3.05) is 20.3 Å². The topological polar surface area (TPSA) is 48.0 Å². The molecule has 2 aliphatic heterocycles. The van der Waals surface area contributed by atoms with E-state index in [2.05, 4.69) is 20.8 Å². The molecule has 2 heterocycles. The molecule has 4 rings (SSSR count). The second kappa shape index (κ2) is 7.16. The Morgan fingerprint density at radius 3 is 2.72 bits per heavy atom. The summed E-state index contributed by atoms with van der Waals surface area (Å²) in [7, 11) is 1.49. The number of carbonyl (C=O) groups excluding carboxylic acids is 1. The van der Waals surface area contributed by atoms with Crippen molar-refractivity contribution in [3.63, 3.8) is 0 Å². The molecular formula is C19H24BrNO4. The summed E-state index contributed by atoms with van der Waals surface area (Å²) in [4.78, 5) is 14.7. The summed E-state index contributed by atoms with van der Waals surface area (Å²) in [5.74, 6) is 2.07. The lowest BCUT2D eigenvalue weighted by molar-refractivity contribution is -0.146. The molecule has 0 bridgehead atoms. The van der Waals surface area contributed by atoms with Crippen molar-refractivity contribution in [1.82, 2.24) is 4.90 Å². The first-order chi connectivity index (χ1) is 12.2. The number of methoxy groups -OCH3 is 1. The van der Waals surface area contributed by atoms with E-state index in [0.717, 1.165) is 34.5 Å². The van der Waals surface area contributed by atoms with Crippen molar-refractivity contribution >= 4 is 21.9 Å². The van der Waals surface area contributed by atoms with Gasteiger partial charge < -0.3 is 14.2 Å². The van der Waals surface area contributed by atoms with E-state index in [0.29, 0.717) is 25.2 Å². The molecule has 0 amide bonds. The molecule has 0 N–H and O–H groups in total. The first-order valence-electron chi connectivity index (χ1n) is 9.09. The maximum Gasteiger partial charge on any atom is 0.323 e. The van der Waals surface area contributed by atoms with Crippen LogP contribution in [0.4, 0.5) is 0 Å². The second-order valence-electron chi connectivity index (χ2n) is 7.15. The highest BCUT2D eigenvalue weighted by molar-refractivity contribution is 9.10. The molecule has 1 aromatic rings. The average Bonchev–Trinajstić information content (AvgIpc) is 3.00. The third-order valence-electron chi connectivity index (χ3n) is 5.76. The Morgan fingerprint density at radius 2 is 1.96 bits per heavy atom. The largest absolute Gasteiger partial charge is 0.486 e. The summed E-state index contributed by atoms with van der Waals surface area (Å²) in [6.07, 6.45) is 5.82. The zero-order chi connectivity index (χ0) is 17.4. The van der Waals surface area contributed by atoms with E-state index in [4.69, 9.17) is 14.2 Å². The SMILES string of the molecule is COC(=O)[C@@H]1C[C@H]2CCCC[C@H]2N1Cc1cc2c(cc1Br)OCCO2. The van der Waals surface area contributed by atoms with Crippen LogP contribution in [0, 0.1) is 5.92 Å². The van der Waals surface area contributed by atoms with E-state index >= 15 is 0 Å². The molecule has 25 heavy (non-hydrogen) atoms. The van der Waals surface area contributed by atoms with Crippen LogP contribution in [-0.4, -0.2) is 43.3 Å². The standard InChI is InChI=1S/C19H24BrNO4/c1-23-19(22)16-8-12-4-2-3-5-15(12)21(16)11-13-9-17-18(10-14(13)20)25-7-6-24-17/h9-10,12,15-16H,2-8,11H2,1H3/t12-,15-,16+/m1/s1. The monoisotopic (exact) mass is 409 g/mol. The lowest BCUT2D eigenvalue weighted by Gasteiger charge is -2.33. The quantitative estimate of drug-likeness (QED) is 0.714. The maximum absolute atomic E-state index is 12.4. The van der Waals surface area contributed by atoms with Crippen LogP contribution in [0.15, 0.2) is 16.6 Å². The summed E-state index contributed by atoms with van der Waals surface area (Å²) in [5.41, 5.74) is 1.13. The zero-order valence-electron chi connectivity index (χ0n) is 14.5. The Kier molecular flexibility index (Phi) is 4.91. The fourth-order valence-corrected chi connectivity index (χ4v) is 5.02. The van der Waals surface area contributed by atoms with Crippen molar-refractivity contribution in [1.29, 1.82) is 0 Å². The van der Waals surface area contributed by atoms with Crippen LogP contribution in [0.3, 0.4) is 0 Å². The highest BCUT2D eigenvalue weighted by Crippen LogP contribution is 2.42. The van der Waals surface area contributed by atoms with Crippen molar-refractivity contribution in [3.8, 4) is 11.5 Å². The van der Waals surface area contributed by atoms with Gasteiger partial charge in [0.1, 0.15) is 19.3 Å². The van der Waals surface area contributed by atoms with Crippen molar-refractivity contribution in [2.45, 2.75) is 50.7 Å². The predicted molar refractivity (Wildman–Crippen MR) is 96.8 cm³/mol. The second-order valence-corrected chi connectivity index (χ2v) is 8.00. The number of nitrogens with zero attached hydrogens (tertiary/aromatic N) is 1. The van der Waals surface area contributed by atoms with Gasteiger partial charge in [0.25, 0.3) is 0 Å². The number of likely N-dealkylation sites (tertiary alicyclic amines) is 1. The van der Waals surface area contributed by atoms with Gasteiger partial charge in [0.2, 0.25) is 0 Å². The first-order valence-corrected chi connectivity index (χ1v) is 9.88. The van der Waals surface area contributed by atoms with Gasteiger partial charge in [-0.15, -0.1) is 0 Å². The molecule has 0 radical (unpaired) electrons. The number of fused-ring (bicyclic) bond motifs is 2. The Morgan fingerprint density at radius 1 is 1.24 bits per heavy atom. The van der Waals surface area contributed by atoms with Gasteiger partial charge in [-0.3, -0.25) is 9.69 Å². The van der Waals surface area contributed by atoms with Crippen molar-refractivity contribution in [2.24, 2.45) is 5.92 Å². The molecule has 2 fully saturated rings. The molecular weight excluding hydrogens is 386 g/mol. The first kappa shape index (κ1) is 17.2. The minimum absolute atomic E-state index is 0.108. The normalized spacial score (nSPS) is 28.5. The van der Waals surface area contributed by atoms with Gasteiger partial charge >= 0.3 is 5.97 Å². The molecule has 0 unspecified atom stereocenters. The van der Waals surface area contributed by atoms with Gasteiger partial charge in [-0.25, -0.2) is 0 Å². The minimum Gasteiger partial charge on any atom is -0.486 e. The van der Waals surface area contributed by atoms with Crippen molar-refractivity contribution in [3.05, 3.63) is 22.2 Å². The van der Waals surface area contributed by atoms with Crippen LogP contribution >= 0.6 is 15.9 Å². The summed E-state index contributed by atoms with van der Waals surface area (Å²) in [6.45, 7) is 1.88. The van der Waals surface area contributed by atoms with Crippen LogP contribution in [0.25, 0.3) is 0 Å². The van der Waals surface area contributed by atoms with E-state index in [9.17, 15) is 4.79 Å². The highest BCUT2D eigenvalue weighted by Gasteiger charge is 2.45. The fourth-order valence-electron chi connectivity index (χ4n) is 4.57. The van der Waals surface area contributed by atoms with Gasteiger partial charge in [0, 0.05) is 17.1 Å². The Bertz CT molecular complexity index is 665. The number of benzene rings is 1. The Balaban J connectivity index is 1.61. The summed E-state index contributed by atoms with van der Waals surface area (Å²) in [6, 6.07) is 4.35. The molecule has 0 spiro atoms. The average molecular weight is 410 g/mol. The molecule has 1 saturated heterocycles. The molecule has 6 heteroatoms. The molecule has 1 saturated carbocycles. The predicted octanol–water partition coefficient (Wildman–Crippen LogP) is 3.53. The van der Waals surface area contributed by atoms with Gasteiger partial charge in [-0.05, 0) is 42.9 Å². The van der Waals surface area contributed by atoms with Crippen molar-refractivity contribution < 1.29 is 19.0 Å². The molecule has 0 aromatic heterocycles. The van der Waals surface area contributed by atoms with Gasteiger partial charge in [-0.1, -0.05) is 28.8 Å². The number of hydrogen-bond acceptors (Lipinski definition) is 5. The van der Waals surface area contributed by atoms with Crippen LogP contribution in [0.2, 0.25) is 0 Å². The molecule has 136 valence electrons. The van der Waals surface area contributed by atoms with Crippen LogP contribution < -0.4 is 9.47 Å². The lowest BCUT2D eigenvalue weighted by Crippen LogP contribution is -2.42. The number of halogens is 1. The van der Waals surface area contributed by atoms with E-state index in [1.54, 1.807) is 0 Å². The van der Waals surface area contributed by atoms with E-state index in [1.165, 1.54) is 32.8 Å². The summed E-state index contributed by atoms with van der Waals surface area (Å²) >= 11 is 3.67. The van der Waals surface area contributed by atoms with E-state index in [-0.39, 0.29) is 12.0 Å². The maximum atomic E-state index is 12.4. The van der Waals surface area contributed by atoms with E-state index < -0.39 is 0 Å². The Labute approximate surface area is 156 Å². The third kappa shape index (κ3) is 3.26. The number of carbonyl (C=O) groups is 1. The number of ether oxygens (including phenoxy) is 3. The van der Waals surface area contributed by atoms with Gasteiger partial charge in [0.05, 0.1) is 7.11 Å². The minimum atomic E-state index is -0.141. The Hall–Kier alpha value is -1.27. The molecule has 1 aliphatic carbocycles. The van der Waals surface area contributed by atoms with Gasteiger partial charge in [0.15, 0.2) is 11.5 Å². The number of rotatable bonds is 3. The summed E-state index contributed by atoms with van der Waals surface area (Å²) < 4.78 is 17.5.